The molecule has 3 heteroatoms. The van der Waals surface area contributed by atoms with Gasteiger partial charge in [0.05, 0.1) is 6.04 Å². The van der Waals surface area contributed by atoms with Crippen LogP contribution in [0.15, 0.2) is 18.2 Å². The van der Waals surface area contributed by atoms with Crippen LogP contribution < -0.4 is 0 Å². The molecule has 1 aromatic carbocycles. The summed E-state index contributed by atoms with van der Waals surface area (Å²) >= 11 is 0. The average molecular weight is 261 g/mol. The third kappa shape index (κ3) is 2.91. The van der Waals surface area contributed by atoms with Crippen LogP contribution in [0.4, 0.5) is 4.79 Å². The van der Waals surface area contributed by atoms with E-state index in [2.05, 4.69) is 32.0 Å². The number of carbonyl (C=O) groups is 1. The Labute approximate surface area is 115 Å². The highest BCUT2D eigenvalue weighted by Crippen LogP contribution is 2.32. The van der Waals surface area contributed by atoms with Gasteiger partial charge in [-0.25, -0.2) is 4.79 Å². The lowest BCUT2D eigenvalue weighted by atomic mass is 9.90. The van der Waals surface area contributed by atoms with Gasteiger partial charge in [0.25, 0.3) is 0 Å². The van der Waals surface area contributed by atoms with E-state index in [-0.39, 0.29) is 12.1 Å². The summed E-state index contributed by atoms with van der Waals surface area (Å²) in [4.78, 5) is 14.0. The van der Waals surface area contributed by atoms with E-state index in [1.165, 1.54) is 16.7 Å². The molecule has 1 amide bonds. The molecular formula is C16H23NO2. The molecule has 0 N–H and O–H groups in total. The van der Waals surface area contributed by atoms with Crippen LogP contribution in [0.2, 0.25) is 0 Å². The number of fused-ring (bicyclic) bond motifs is 1. The molecule has 0 saturated heterocycles. The molecule has 104 valence electrons. The summed E-state index contributed by atoms with van der Waals surface area (Å²) in [6.45, 7) is 10.6. The minimum atomic E-state index is -0.441. The van der Waals surface area contributed by atoms with Gasteiger partial charge >= 0.3 is 6.09 Å². The molecule has 0 aliphatic carbocycles. The molecule has 0 radical (unpaired) electrons. The Morgan fingerprint density at radius 1 is 1.37 bits per heavy atom. The molecule has 19 heavy (non-hydrogen) atoms. The van der Waals surface area contributed by atoms with Crippen LogP contribution in [0.3, 0.4) is 0 Å². The minimum absolute atomic E-state index is 0.0819. The van der Waals surface area contributed by atoms with Crippen molar-refractivity contribution >= 4 is 6.09 Å². The van der Waals surface area contributed by atoms with E-state index in [0.29, 0.717) is 0 Å². The molecule has 0 fully saturated rings. The van der Waals surface area contributed by atoms with E-state index >= 15 is 0 Å². The summed E-state index contributed by atoms with van der Waals surface area (Å²) in [5, 5.41) is 0. The monoisotopic (exact) mass is 261 g/mol. The highest BCUT2D eigenvalue weighted by molar-refractivity contribution is 5.69. The van der Waals surface area contributed by atoms with Crippen LogP contribution in [0, 0.1) is 6.92 Å². The Balaban J connectivity index is 2.22. The van der Waals surface area contributed by atoms with Crippen LogP contribution >= 0.6 is 0 Å². The van der Waals surface area contributed by atoms with Crippen molar-refractivity contribution in [2.75, 3.05) is 6.54 Å². The lowest BCUT2D eigenvalue weighted by molar-refractivity contribution is 0.0159. The van der Waals surface area contributed by atoms with Crippen molar-refractivity contribution in [1.82, 2.24) is 4.90 Å². The Morgan fingerprint density at radius 3 is 2.68 bits per heavy atom. The number of hydrogen-bond donors (Lipinski definition) is 0. The normalized spacial score (nSPS) is 19.0. The topological polar surface area (TPSA) is 29.5 Å². The van der Waals surface area contributed by atoms with Gasteiger partial charge in [-0.05, 0) is 57.7 Å². The van der Waals surface area contributed by atoms with Gasteiger partial charge in [-0.15, -0.1) is 0 Å². The zero-order chi connectivity index (χ0) is 14.2. The molecule has 1 heterocycles. The Bertz CT molecular complexity index is 488. The highest BCUT2D eigenvalue weighted by atomic mass is 16.6. The van der Waals surface area contributed by atoms with Gasteiger partial charge in [-0.1, -0.05) is 18.2 Å². The molecular weight excluding hydrogens is 238 g/mol. The predicted octanol–water partition coefficient (Wildman–Crippen LogP) is 3.85. The van der Waals surface area contributed by atoms with Gasteiger partial charge in [0, 0.05) is 6.54 Å². The van der Waals surface area contributed by atoms with Gasteiger partial charge in [0.2, 0.25) is 0 Å². The molecule has 1 atom stereocenters. The second-order valence-electron chi connectivity index (χ2n) is 6.24. The number of benzene rings is 1. The Kier molecular flexibility index (Phi) is 3.57. The largest absolute Gasteiger partial charge is 0.444 e. The lowest BCUT2D eigenvalue weighted by Gasteiger charge is -2.36. The van der Waals surface area contributed by atoms with Gasteiger partial charge in [0.1, 0.15) is 5.60 Å². The minimum Gasteiger partial charge on any atom is -0.444 e. The first-order valence-electron chi connectivity index (χ1n) is 6.87. The van der Waals surface area contributed by atoms with Gasteiger partial charge in [-0.3, -0.25) is 0 Å². The number of amides is 1. The number of aryl methyl sites for hydroxylation is 1. The smallest absolute Gasteiger partial charge is 0.410 e. The zero-order valence-corrected chi connectivity index (χ0v) is 12.5. The molecule has 0 bridgehead atoms. The molecule has 1 aliphatic rings. The van der Waals surface area contributed by atoms with Crippen LogP contribution in [0.1, 0.15) is 50.4 Å². The van der Waals surface area contributed by atoms with Gasteiger partial charge < -0.3 is 9.64 Å². The van der Waals surface area contributed by atoms with Crippen LogP contribution in [-0.4, -0.2) is 23.1 Å². The van der Waals surface area contributed by atoms with Crippen LogP contribution in [0.25, 0.3) is 0 Å². The quantitative estimate of drug-likeness (QED) is 0.710. The SMILES string of the molecule is Cc1cccc2c1CCN(C(=O)OC(C)(C)C)[C@@H]2C. The highest BCUT2D eigenvalue weighted by Gasteiger charge is 2.31. The van der Waals surface area contributed by atoms with Crippen molar-refractivity contribution in [1.29, 1.82) is 0 Å². The van der Waals surface area contributed by atoms with Crippen molar-refractivity contribution in [3.63, 3.8) is 0 Å². The van der Waals surface area contributed by atoms with E-state index in [1.54, 1.807) is 0 Å². The Hall–Kier alpha value is -1.51. The fraction of sp³-hybridized carbons (Fsp3) is 0.562. The first kappa shape index (κ1) is 13.9. The second kappa shape index (κ2) is 4.87. The molecule has 2 rings (SSSR count). The van der Waals surface area contributed by atoms with Crippen molar-refractivity contribution in [2.45, 2.75) is 52.7 Å². The van der Waals surface area contributed by atoms with E-state index in [9.17, 15) is 4.79 Å². The van der Waals surface area contributed by atoms with Gasteiger partial charge in [0.15, 0.2) is 0 Å². The molecule has 0 spiro atoms. The summed E-state index contributed by atoms with van der Waals surface area (Å²) in [7, 11) is 0. The number of carbonyl (C=O) groups excluding carboxylic acids is 1. The van der Waals surface area contributed by atoms with Gasteiger partial charge in [-0.2, -0.15) is 0 Å². The summed E-state index contributed by atoms with van der Waals surface area (Å²) < 4.78 is 5.48. The Morgan fingerprint density at radius 2 is 2.05 bits per heavy atom. The number of ether oxygens (including phenoxy) is 1. The molecule has 1 aromatic rings. The second-order valence-corrected chi connectivity index (χ2v) is 6.24. The first-order valence-corrected chi connectivity index (χ1v) is 6.87. The summed E-state index contributed by atoms with van der Waals surface area (Å²) in [6.07, 6.45) is 0.693. The average Bonchev–Trinajstić information content (AvgIpc) is 2.28. The number of rotatable bonds is 0. The van der Waals surface area contributed by atoms with E-state index in [0.717, 1.165) is 13.0 Å². The summed E-state index contributed by atoms with van der Waals surface area (Å²) in [6, 6.07) is 6.39. The first-order chi connectivity index (χ1) is 8.79. The van der Waals surface area contributed by atoms with Crippen molar-refractivity contribution in [2.24, 2.45) is 0 Å². The van der Waals surface area contributed by atoms with Crippen LogP contribution in [0.5, 0.6) is 0 Å². The van der Waals surface area contributed by atoms with Crippen molar-refractivity contribution in [3.05, 3.63) is 34.9 Å². The predicted molar refractivity (Wildman–Crippen MR) is 76.2 cm³/mol. The van der Waals surface area contributed by atoms with E-state index in [4.69, 9.17) is 4.74 Å². The van der Waals surface area contributed by atoms with Crippen molar-refractivity contribution < 1.29 is 9.53 Å². The standard InChI is InChI=1S/C16H23NO2/c1-11-7-6-8-14-12(2)17(10-9-13(11)14)15(18)19-16(3,4)5/h6-8,12H,9-10H2,1-5H3/t12-/m1/s1. The summed E-state index contributed by atoms with van der Waals surface area (Å²) in [5.41, 5.74) is 3.50. The molecule has 0 unspecified atom stereocenters. The van der Waals surface area contributed by atoms with E-state index < -0.39 is 5.60 Å². The summed E-state index contributed by atoms with van der Waals surface area (Å²) in [5.74, 6) is 0. The maximum Gasteiger partial charge on any atom is 0.410 e. The molecule has 0 saturated carbocycles. The number of nitrogens with zero attached hydrogens (tertiary/aromatic N) is 1. The molecule has 0 aromatic heterocycles. The number of hydrogen-bond acceptors (Lipinski definition) is 2. The maximum absolute atomic E-state index is 12.2. The maximum atomic E-state index is 12.2. The fourth-order valence-corrected chi connectivity index (χ4v) is 2.62. The van der Waals surface area contributed by atoms with E-state index in [1.807, 2.05) is 25.7 Å². The third-order valence-electron chi connectivity index (χ3n) is 3.59. The van der Waals surface area contributed by atoms with Crippen molar-refractivity contribution in [3.8, 4) is 0 Å². The zero-order valence-electron chi connectivity index (χ0n) is 12.5. The molecule has 3 nitrogen and oxygen atoms in total. The fourth-order valence-electron chi connectivity index (χ4n) is 2.62. The lowest BCUT2D eigenvalue weighted by Crippen LogP contribution is -2.42. The molecule has 1 aliphatic heterocycles. The van der Waals surface area contributed by atoms with Crippen LogP contribution in [-0.2, 0) is 11.2 Å². The third-order valence-corrected chi connectivity index (χ3v) is 3.59.